The molecule has 0 saturated carbocycles. The summed E-state index contributed by atoms with van der Waals surface area (Å²) >= 11 is 0. The number of aliphatic hydroxyl groups excluding tert-OH is 6. The number of hydrogen-bond acceptors (Lipinski definition) is 17. The van der Waals surface area contributed by atoms with Crippen molar-refractivity contribution in [3.05, 3.63) is 33.1 Å². The normalized spacial score (nSPS) is 38.4. The molecule has 21 heteroatoms. The van der Waals surface area contributed by atoms with Crippen LogP contribution in [0.4, 0.5) is 0 Å². The number of aromatic amines is 1. The molecule has 5 unspecified atom stereocenters. The second-order valence-electron chi connectivity index (χ2n) is 7.64. The summed E-state index contributed by atoms with van der Waals surface area (Å²) in [5, 5.41) is 58.4. The number of aromatic nitrogens is 2. The molecule has 2 aliphatic rings. The maximum Gasteiger partial charge on any atom is 0.330 e. The lowest BCUT2D eigenvalue weighted by Gasteiger charge is -2.41. The van der Waals surface area contributed by atoms with Crippen LogP contribution >= 0.6 is 15.6 Å². The molecule has 2 aliphatic heterocycles. The third-order valence-corrected chi connectivity index (χ3v) is 7.67. The molecule has 2 saturated heterocycles. The topological polar surface area (TPSA) is 303 Å². The first-order chi connectivity index (χ1) is 16.7. The van der Waals surface area contributed by atoms with Gasteiger partial charge in [0.2, 0.25) is 0 Å². The second-order valence-corrected chi connectivity index (χ2v) is 10.5. The van der Waals surface area contributed by atoms with Gasteiger partial charge in [-0.1, -0.05) is 0 Å². The fourth-order valence-corrected chi connectivity index (χ4v) is 5.42. The molecular weight excluding hydrogens is 542 g/mol. The summed E-state index contributed by atoms with van der Waals surface area (Å²) in [6.07, 6.45) is -15.8. The molecule has 0 aliphatic carbocycles. The van der Waals surface area contributed by atoms with Crippen molar-refractivity contribution >= 4 is 15.6 Å². The molecular formula is C15H22N2O17P2-2. The molecule has 2 fully saturated rings. The Labute approximate surface area is 199 Å². The Morgan fingerprint density at radius 2 is 1.58 bits per heavy atom. The van der Waals surface area contributed by atoms with Crippen LogP contribution in [-0.2, 0) is 32.0 Å². The van der Waals surface area contributed by atoms with Gasteiger partial charge >= 0.3 is 5.69 Å². The molecule has 0 bridgehead atoms. The average Bonchev–Trinajstić information content (AvgIpc) is 3.06. The lowest BCUT2D eigenvalue weighted by atomic mass is 10.00. The predicted octanol–water partition coefficient (Wildman–Crippen LogP) is -6.06. The smallest absolute Gasteiger partial charge is 0.330 e. The van der Waals surface area contributed by atoms with Gasteiger partial charge in [-0.2, -0.15) is 0 Å². The Kier molecular flexibility index (Phi) is 9.05. The minimum Gasteiger partial charge on any atom is -0.756 e. The molecule has 3 rings (SSSR count). The van der Waals surface area contributed by atoms with E-state index in [1.54, 1.807) is 0 Å². The zero-order valence-electron chi connectivity index (χ0n) is 17.8. The van der Waals surface area contributed by atoms with Crippen LogP contribution in [0.5, 0.6) is 0 Å². The lowest BCUT2D eigenvalue weighted by Crippen LogP contribution is -2.59. The van der Waals surface area contributed by atoms with Crippen molar-refractivity contribution in [2.45, 2.75) is 55.2 Å². The van der Waals surface area contributed by atoms with E-state index in [0.717, 1.165) is 12.3 Å². The van der Waals surface area contributed by atoms with Crippen molar-refractivity contribution in [1.82, 2.24) is 9.55 Å². The van der Waals surface area contributed by atoms with Gasteiger partial charge in [0, 0.05) is 12.3 Å². The number of aliphatic hydroxyl groups is 6. The average molecular weight is 564 g/mol. The van der Waals surface area contributed by atoms with Gasteiger partial charge in [-0.25, -0.2) is 9.11 Å². The quantitative estimate of drug-likeness (QED) is 0.137. The minimum absolute atomic E-state index is 0.697. The van der Waals surface area contributed by atoms with E-state index in [1.807, 2.05) is 4.98 Å². The van der Waals surface area contributed by atoms with E-state index in [2.05, 4.69) is 13.4 Å². The maximum atomic E-state index is 12.0. The fraction of sp³-hybridized carbons (Fsp3) is 0.733. The summed E-state index contributed by atoms with van der Waals surface area (Å²) in [6, 6.07) is 0.911. The van der Waals surface area contributed by atoms with Crippen molar-refractivity contribution in [2.24, 2.45) is 0 Å². The first-order valence-electron chi connectivity index (χ1n) is 9.96. The summed E-state index contributed by atoms with van der Waals surface area (Å²) in [6.45, 7) is -2.05. The zero-order valence-corrected chi connectivity index (χ0v) is 19.6. The molecule has 19 nitrogen and oxygen atoms in total. The van der Waals surface area contributed by atoms with Crippen LogP contribution in [0, 0.1) is 0 Å². The van der Waals surface area contributed by atoms with Crippen LogP contribution < -0.4 is 21.0 Å². The van der Waals surface area contributed by atoms with Gasteiger partial charge in [-0.15, -0.1) is 0 Å². The van der Waals surface area contributed by atoms with E-state index in [1.165, 1.54) is 0 Å². The predicted molar refractivity (Wildman–Crippen MR) is 104 cm³/mol. The molecule has 1 aromatic heterocycles. The van der Waals surface area contributed by atoms with E-state index < -0.39 is 95.4 Å². The Bertz CT molecular complexity index is 1120. The molecule has 11 atom stereocenters. The number of H-pyrrole nitrogens is 1. The highest BCUT2D eigenvalue weighted by atomic mass is 31.3. The number of phosphoric ester groups is 2. The minimum atomic E-state index is -5.90. The molecule has 3 heterocycles. The fourth-order valence-electron chi connectivity index (χ4n) is 3.34. The van der Waals surface area contributed by atoms with E-state index >= 15 is 0 Å². The number of hydrogen-bond donors (Lipinski definition) is 7. The summed E-state index contributed by atoms with van der Waals surface area (Å²) in [4.78, 5) is 48.9. The van der Waals surface area contributed by atoms with Crippen molar-refractivity contribution in [1.29, 1.82) is 0 Å². The van der Waals surface area contributed by atoms with Crippen LogP contribution in [0.25, 0.3) is 0 Å². The van der Waals surface area contributed by atoms with Gasteiger partial charge < -0.3 is 54.4 Å². The lowest BCUT2D eigenvalue weighted by molar-refractivity contribution is -0.305. The number of nitrogens with one attached hydrogen (secondary N) is 1. The number of rotatable bonds is 9. The monoisotopic (exact) mass is 564 g/mol. The SMILES string of the molecule is O=c1ccn([C@@H]2O[C@H](COP(=O)([O-])OP(=O)([O-])O[C@H]3OC(CO)[C@@H](O)[C@H](O)C3O)C(O)[C@@H]2O)c(=O)[nH]1. The highest BCUT2D eigenvalue weighted by Gasteiger charge is 2.47. The third-order valence-electron chi connectivity index (χ3n) is 5.14. The van der Waals surface area contributed by atoms with Gasteiger partial charge in [0.25, 0.3) is 21.2 Å². The largest absolute Gasteiger partial charge is 0.756 e. The first-order valence-corrected chi connectivity index (χ1v) is 12.9. The summed E-state index contributed by atoms with van der Waals surface area (Å²) in [5.74, 6) is 0. The van der Waals surface area contributed by atoms with Crippen molar-refractivity contribution < 1.29 is 72.4 Å². The Balaban J connectivity index is 1.61. The molecule has 0 aromatic carbocycles. The van der Waals surface area contributed by atoms with E-state index in [4.69, 9.17) is 14.6 Å². The van der Waals surface area contributed by atoms with Gasteiger partial charge in [-0.05, 0) is 0 Å². The van der Waals surface area contributed by atoms with Crippen molar-refractivity contribution in [3.63, 3.8) is 0 Å². The third kappa shape index (κ3) is 6.54. The molecule has 1 aromatic rings. The molecule has 0 radical (unpaired) electrons. The van der Waals surface area contributed by atoms with Gasteiger partial charge in [0.1, 0.15) is 42.7 Å². The highest BCUT2D eigenvalue weighted by Crippen LogP contribution is 2.57. The Morgan fingerprint density at radius 1 is 0.944 bits per heavy atom. The molecule has 0 amide bonds. The van der Waals surface area contributed by atoms with Crippen LogP contribution in [0.3, 0.4) is 0 Å². The molecule has 36 heavy (non-hydrogen) atoms. The van der Waals surface area contributed by atoms with Crippen LogP contribution in [0.2, 0.25) is 0 Å². The van der Waals surface area contributed by atoms with Gasteiger partial charge in [0.05, 0.1) is 13.2 Å². The maximum absolute atomic E-state index is 12.0. The van der Waals surface area contributed by atoms with Crippen molar-refractivity contribution in [3.8, 4) is 0 Å². The van der Waals surface area contributed by atoms with E-state index in [9.17, 15) is 54.0 Å². The number of ether oxygens (including phenoxy) is 2. The number of nitrogens with zero attached hydrogens (tertiary/aromatic N) is 1. The van der Waals surface area contributed by atoms with E-state index in [-0.39, 0.29) is 0 Å². The van der Waals surface area contributed by atoms with Gasteiger partial charge in [-0.3, -0.25) is 28.0 Å². The summed E-state index contributed by atoms with van der Waals surface area (Å²) in [5.41, 5.74) is -1.78. The van der Waals surface area contributed by atoms with Crippen LogP contribution in [-0.4, -0.2) is 102 Å². The standard InChI is InChI=1S/C15H24N2O17P2/c18-3-5-8(20)10(22)12(24)14(32-5)33-36(28,29)34-35(26,27)30-4-6-9(21)11(23)13(31-6)17-2-1-7(19)16-15(17)25/h1-2,5-6,8-14,18,20-24H,3-4H2,(H,26,27)(H,28,29)(H,16,19,25)/p-2/t5?,6-,8-,9?,10+,11+,12?,13-,14-/m1/s1. The summed E-state index contributed by atoms with van der Waals surface area (Å²) < 4.78 is 47.1. The van der Waals surface area contributed by atoms with Crippen LogP contribution in [0.15, 0.2) is 21.9 Å². The van der Waals surface area contributed by atoms with Gasteiger partial charge in [0.15, 0.2) is 12.5 Å². The van der Waals surface area contributed by atoms with Crippen LogP contribution in [0.1, 0.15) is 6.23 Å². The van der Waals surface area contributed by atoms with E-state index in [0.29, 0.717) is 4.57 Å². The second kappa shape index (κ2) is 11.2. The molecule has 0 spiro atoms. The number of phosphoric acid groups is 2. The van der Waals surface area contributed by atoms with Crippen molar-refractivity contribution in [2.75, 3.05) is 13.2 Å². The summed E-state index contributed by atoms with van der Waals surface area (Å²) in [7, 11) is -11.7. The molecule has 7 N–H and O–H groups in total. The highest BCUT2D eigenvalue weighted by molar-refractivity contribution is 7.59. The Hall–Kier alpha value is -1.38. The first kappa shape index (κ1) is 29.2. The zero-order chi connectivity index (χ0) is 27.0. The Morgan fingerprint density at radius 3 is 2.19 bits per heavy atom. The molecule has 206 valence electrons.